The Bertz CT molecular complexity index is 2190. The zero-order chi connectivity index (χ0) is 31.0. The quantitative estimate of drug-likeness (QED) is 0.114. The highest BCUT2D eigenvalue weighted by molar-refractivity contribution is 7.89. The van der Waals surface area contributed by atoms with Crippen LogP contribution in [0.5, 0.6) is 0 Å². The Labute approximate surface area is 252 Å². The lowest BCUT2D eigenvalue weighted by Crippen LogP contribution is -2.13. The monoisotopic (exact) mass is 606 g/mol. The first-order valence-electron chi connectivity index (χ1n) is 13.5. The minimum Gasteiger partial charge on any atom is -0.400 e. The van der Waals surface area contributed by atoms with Gasteiger partial charge in [0.15, 0.2) is 5.76 Å². The van der Waals surface area contributed by atoms with Gasteiger partial charge in [-0.2, -0.15) is 27.8 Å². The van der Waals surface area contributed by atoms with E-state index in [0.717, 1.165) is 42.8 Å². The first-order valence-corrected chi connectivity index (χ1v) is 15.0. The standard InChI is InChI=1S/C32H26N6O5S/c1-20-9-14-26(15-10-20)44(41,42)37-19-24(17-33-34-18-25-13-16-27(43-25)38(39)40)31(36-37)32-29(23-7-5-4-6-8-23)28-21(2)11-12-22(3)30(28)35-32/h4-19,35H,1-3H3/b33-17+,34-18+. The van der Waals surface area contributed by atoms with Crippen LogP contribution in [-0.2, 0) is 10.0 Å². The summed E-state index contributed by atoms with van der Waals surface area (Å²) in [5, 5.41) is 24.6. The van der Waals surface area contributed by atoms with Crippen LogP contribution in [-0.4, -0.2) is 39.9 Å². The summed E-state index contributed by atoms with van der Waals surface area (Å²) in [6, 6.07) is 23.0. The Morgan fingerprint density at radius 1 is 0.909 bits per heavy atom. The molecule has 0 radical (unpaired) electrons. The molecule has 0 fully saturated rings. The smallest absolute Gasteiger partial charge is 0.400 e. The molecule has 0 atom stereocenters. The number of hydrogen-bond acceptors (Lipinski definition) is 8. The van der Waals surface area contributed by atoms with Crippen molar-refractivity contribution >= 4 is 39.2 Å². The predicted molar refractivity (Wildman–Crippen MR) is 169 cm³/mol. The molecule has 3 aromatic carbocycles. The van der Waals surface area contributed by atoms with Gasteiger partial charge in [-0.1, -0.05) is 60.2 Å². The topological polar surface area (TPSA) is 149 Å². The number of nitrogens with zero attached hydrogens (tertiary/aromatic N) is 5. The lowest BCUT2D eigenvalue weighted by Gasteiger charge is -2.07. The molecule has 44 heavy (non-hydrogen) atoms. The van der Waals surface area contributed by atoms with Crippen molar-refractivity contribution in [3.05, 3.63) is 123 Å². The van der Waals surface area contributed by atoms with Gasteiger partial charge in [0, 0.05) is 22.0 Å². The minimum absolute atomic E-state index is 0.0877. The molecule has 0 saturated carbocycles. The van der Waals surface area contributed by atoms with E-state index in [1.54, 1.807) is 12.1 Å². The van der Waals surface area contributed by atoms with Crippen molar-refractivity contribution in [1.29, 1.82) is 0 Å². The molecule has 1 N–H and O–H groups in total. The molecule has 0 bridgehead atoms. The third-order valence-electron chi connectivity index (χ3n) is 7.20. The van der Waals surface area contributed by atoms with Gasteiger partial charge >= 0.3 is 5.88 Å². The van der Waals surface area contributed by atoms with Gasteiger partial charge in [0.05, 0.1) is 35.3 Å². The molecule has 0 unspecified atom stereocenters. The molecular weight excluding hydrogens is 580 g/mol. The Morgan fingerprint density at radius 3 is 2.32 bits per heavy atom. The van der Waals surface area contributed by atoms with E-state index in [2.05, 4.69) is 26.4 Å². The molecule has 6 aromatic rings. The lowest BCUT2D eigenvalue weighted by atomic mass is 9.96. The van der Waals surface area contributed by atoms with E-state index in [1.807, 2.05) is 57.2 Å². The summed E-state index contributed by atoms with van der Waals surface area (Å²) < 4.78 is 33.4. The molecule has 0 saturated heterocycles. The SMILES string of the molecule is Cc1ccc(S(=O)(=O)n2cc(/C=N/N=C/c3ccc([N+](=O)[O-])o3)c(-c3[nH]c4c(C)ccc(C)c4c3-c3ccccc3)n2)cc1. The highest BCUT2D eigenvalue weighted by Crippen LogP contribution is 2.41. The van der Waals surface area contributed by atoms with Crippen LogP contribution in [0.25, 0.3) is 33.4 Å². The number of fused-ring (bicyclic) bond motifs is 1. The van der Waals surface area contributed by atoms with Gasteiger partial charge in [0.25, 0.3) is 10.0 Å². The van der Waals surface area contributed by atoms with Crippen molar-refractivity contribution in [2.75, 3.05) is 0 Å². The largest absolute Gasteiger partial charge is 0.433 e. The Hall–Kier alpha value is -5.62. The zero-order valence-corrected chi connectivity index (χ0v) is 24.7. The van der Waals surface area contributed by atoms with E-state index in [9.17, 15) is 18.5 Å². The average molecular weight is 607 g/mol. The van der Waals surface area contributed by atoms with Crippen molar-refractivity contribution in [1.82, 2.24) is 14.2 Å². The maximum Gasteiger partial charge on any atom is 0.433 e. The highest BCUT2D eigenvalue weighted by Gasteiger charge is 2.26. The molecular formula is C32H26N6O5S. The predicted octanol–water partition coefficient (Wildman–Crippen LogP) is 6.81. The first-order chi connectivity index (χ1) is 21.1. The van der Waals surface area contributed by atoms with Crippen molar-refractivity contribution in [2.24, 2.45) is 10.2 Å². The summed E-state index contributed by atoms with van der Waals surface area (Å²) in [6.07, 6.45) is 4.00. The number of furan rings is 1. The third-order valence-corrected chi connectivity index (χ3v) is 8.75. The first kappa shape index (κ1) is 28.5. The second kappa shape index (κ2) is 11.2. The van der Waals surface area contributed by atoms with Gasteiger partial charge < -0.3 is 9.40 Å². The van der Waals surface area contributed by atoms with Crippen LogP contribution in [0.2, 0.25) is 0 Å². The van der Waals surface area contributed by atoms with Gasteiger partial charge in [-0.25, -0.2) is 0 Å². The molecule has 0 aliphatic rings. The molecule has 12 heteroatoms. The molecule has 3 heterocycles. The normalized spacial score (nSPS) is 12.2. The zero-order valence-electron chi connectivity index (χ0n) is 23.9. The van der Waals surface area contributed by atoms with Gasteiger partial charge in [0.1, 0.15) is 10.6 Å². The fraction of sp³-hybridized carbons (Fsp3) is 0.0938. The number of H-pyrrole nitrogens is 1. The number of aromatic nitrogens is 3. The second-order valence-corrected chi connectivity index (χ2v) is 12.0. The van der Waals surface area contributed by atoms with E-state index in [0.29, 0.717) is 17.0 Å². The molecule has 0 spiro atoms. The average Bonchev–Trinajstić information content (AvgIpc) is 3.76. The summed E-state index contributed by atoms with van der Waals surface area (Å²) in [4.78, 5) is 13.9. The van der Waals surface area contributed by atoms with Crippen LogP contribution in [0, 0.1) is 30.9 Å². The molecule has 3 aromatic heterocycles. The fourth-order valence-electron chi connectivity index (χ4n) is 4.97. The molecule has 220 valence electrons. The van der Waals surface area contributed by atoms with Crippen LogP contribution < -0.4 is 0 Å². The third kappa shape index (κ3) is 5.22. The summed E-state index contributed by atoms with van der Waals surface area (Å²) >= 11 is 0. The summed E-state index contributed by atoms with van der Waals surface area (Å²) in [5.41, 5.74) is 7.06. The second-order valence-electron chi connectivity index (χ2n) is 10.2. The van der Waals surface area contributed by atoms with E-state index >= 15 is 0 Å². The van der Waals surface area contributed by atoms with Gasteiger partial charge in [-0.3, -0.25) is 10.1 Å². The number of rotatable bonds is 8. The van der Waals surface area contributed by atoms with Crippen molar-refractivity contribution < 1.29 is 17.8 Å². The molecule has 6 rings (SSSR count). The van der Waals surface area contributed by atoms with Crippen LogP contribution in [0.15, 0.2) is 105 Å². The van der Waals surface area contributed by atoms with Crippen LogP contribution in [0.4, 0.5) is 5.88 Å². The van der Waals surface area contributed by atoms with Crippen LogP contribution >= 0.6 is 0 Å². The summed E-state index contributed by atoms with van der Waals surface area (Å²) in [5.74, 6) is -0.280. The molecule has 11 nitrogen and oxygen atoms in total. The summed E-state index contributed by atoms with van der Waals surface area (Å²) in [6.45, 7) is 5.92. The molecule has 0 amide bonds. The number of nitrogens with one attached hydrogen (secondary N) is 1. The highest BCUT2D eigenvalue weighted by atomic mass is 32.2. The molecule has 0 aliphatic heterocycles. The van der Waals surface area contributed by atoms with Crippen LogP contribution in [0.3, 0.4) is 0 Å². The number of nitro groups is 1. The Kier molecular flexibility index (Phi) is 7.27. The van der Waals surface area contributed by atoms with Crippen molar-refractivity contribution in [3.8, 4) is 22.5 Å². The van der Waals surface area contributed by atoms with E-state index < -0.39 is 20.8 Å². The van der Waals surface area contributed by atoms with Crippen molar-refractivity contribution in [3.63, 3.8) is 0 Å². The van der Waals surface area contributed by atoms with E-state index in [4.69, 9.17) is 4.42 Å². The fourth-order valence-corrected chi connectivity index (χ4v) is 6.11. The number of aryl methyl sites for hydroxylation is 3. The van der Waals surface area contributed by atoms with Gasteiger partial charge in [-0.05, 0) is 55.7 Å². The maximum absolute atomic E-state index is 13.7. The number of hydrogen-bond donors (Lipinski definition) is 1. The van der Waals surface area contributed by atoms with Gasteiger partial charge in [0.2, 0.25) is 0 Å². The number of benzene rings is 3. The Morgan fingerprint density at radius 2 is 1.61 bits per heavy atom. The maximum atomic E-state index is 13.7. The summed E-state index contributed by atoms with van der Waals surface area (Å²) in [7, 11) is -4.06. The van der Waals surface area contributed by atoms with E-state index in [-0.39, 0.29) is 10.7 Å². The van der Waals surface area contributed by atoms with Gasteiger partial charge in [-0.15, -0.1) is 0 Å². The van der Waals surface area contributed by atoms with Crippen LogP contribution in [0.1, 0.15) is 28.0 Å². The minimum atomic E-state index is -4.06. The lowest BCUT2D eigenvalue weighted by molar-refractivity contribution is -0.402. The van der Waals surface area contributed by atoms with Crippen molar-refractivity contribution in [2.45, 2.75) is 25.7 Å². The molecule has 0 aliphatic carbocycles. The number of aromatic amines is 1. The Balaban J connectivity index is 1.54. The van der Waals surface area contributed by atoms with E-state index in [1.165, 1.54) is 42.9 Å².